The maximum absolute atomic E-state index is 12.7. The standard InChI is InChI=1S/C15H15F3N2O3/c16-15(17,18)14(22)5-6-20(9-14)13(21)19-8-11-7-10-3-1-2-4-12(10)23-11/h1-4,7,22H,5-6,8-9H2,(H,19,21). The van der Waals surface area contributed by atoms with Gasteiger partial charge in [0.1, 0.15) is 11.3 Å². The normalized spacial score (nSPS) is 21.8. The first-order valence-corrected chi connectivity index (χ1v) is 7.08. The number of halogens is 3. The molecule has 8 heteroatoms. The van der Waals surface area contributed by atoms with Crippen LogP contribution < -0.4 is 5.32 Å². The first kappa shape index (κ1) is 15.7. The number of fused-ring (bicyclic) bond motifs is 1. The summed E-state index contributed by atoms with van der Waals surface area (Å²) < 4.78 is 43.7. The van der Waals surface area contributed by atoms with Crippen LogP contribution in [0.3, 0.4) is 0 Å². The van der Waals surface area contributed by atoms with Crippen molar-refractivity contribution in [2.24, 2.45) is 0 Å². The van der Waals surface area contributed by atoms with E-state index in [1.165, 1.54) is 0 Å². The molecule has 3 rings (SSSR count). The zero-order valence-corrected chi connectivity index (χ0v) is 12.1. The van der Waals surface area contributed by atoms with Crippen LogP contribution in [0.25, 0.3) is 11.0 Å². The van der Waals surface area contributed by atoms with Gasteiger partial charge in [0.15, 0.2) is 5.60 Å². The minimum Gasteiger partial charge on any atom is -0.459 e. The first-order valence-electron chi connectivity index (χ1n) is 7.08. The largest absolute Gasteiger partial charge is 0.459 e. The molecular weight excluding hydrogens is 313 g/mol. The Morgan fingerprint density at radius 2 is 2.13 bits per heavy atom. The molecule has 23 heavy (non-hydrogen) atoms. The fourth-order valence-corrected chi connectivity index (χ4v) is 2.60. The van der Waals surface area contributed by atoms with Crippen molar-refractivity contribution in [2.75, 3.05) is 13.1 Å². The second-order valence-electron chi connectivity index (χ2n) is 5.61. The number of β-amino-alcohol motifs (C(OH)–C–C–N with tert-alkyl or cyclic N) is 1. The van der Waals surface area contributed by atoms with Crippen molar-refractivity contribution >= 4 is 17.0 Å². The molecule has 5 nitrogen and oxygen atoms in total. The van der Waals surface area contributed by atoms with Gasteiger partial charge in [-0.3, -0.25) is 0 Å². The van der Waals surface area contributed by atoms with Gasteiger partial charge in [0.2, 0.25) is 0 Å². The Morgan fingerprint density at radius 1 is 1.39 bits per heavy atom. The van der Waals surface area contributed by atoms with Crippen molar-refractivity contribution < 1.29 is 27.5 Å². The van der Waals surface area contributed by atoms with Crippen LogP contribution in [0.5, 0.6) is 0 Å². The molecule has 2 aromatic rings. The molecule has 0 saturated carbocycles. The lowest BCUT2D eigenvalue weighted by Crippen LogP contribution is -2.49. The molecule has 124 valence electrons. The minimum absolute atomic E-state index is 0.0639. The summed E-state index contributed by atoms with van der Waals surface area (Å²) in [7, 11) is 0. The lowest BCUT2D eigenvalue weighted by molar-refractivity contribution is -0.253. The van der Waals surface area contributed by atoms with Crippen LogP contribution in [-0.4, -0.2) is 40.9 Å². The fraction of sp³-hybridized carbons (Fsp3) is 0.400. The van der Waals surface area contributed by atoms with Crippen molar-refractivity contribution in [3.05, 3.63) is 36.1 Å². The van der Waals surface area contributed by atoms with E-state index >= 15 is 0 Å². The number of nitrogens with one attached hydrogen (secondary N) is 1. The van der Waals surface area contributed by atoms with E-state index in [9.17, 15) is 23.1 Å². The van der Waals surface area contributed by atoms with Gasteiger partial charge in [0, 0.05) is 18.4 Å². The van der Waals surface area contributed by atoms with Gasteiger partial charge in [-0.05, 0) is 12.1 Å². The quantitative estimate of drug-likeness (QED) is 0.891. The highest BCUT2D eigenvalue weighted by Gasteiger charge is 2.57. The number of furan rings is 1. The maximum Gasteiger partial charge on any atom is 0.419 e. The number of rotatable bonds is 2. The van der Waals surface area contributed by atoms with Crippen LogP contribution in [0.1, 0.15) is 12.2 Å². The Hall–Kier alpha value is -2.22. The molecule has 1 aliphatic rings. The lowest BCUT2D eigenvalue weighted by atomic mass is 10.0. The SMILES string of the molecule is O=C(NCc1cc2ccccc2o1)N1CCC(O)(C(F)(F)F)C1. The third-order valence-corrected chi connectivity index (χ3v) is 3.95. The summed E-state index contributed by atoms with van der Waals surface area (Å²) >= 11 is 0. The molecule has 1 fully saturated rings. The zero-order chi connectivity index (χ0) is 16.7. The van der Waals surface area contributed by atoms with Crippen LogP contribution in [0, 0.1) is 0 Å². The number of amides is 2. The molecule has 1 aliphatic heterocycles. The third kappa shape index (κ3) is 2.98. The van der Waals surface area contributed by atoms with E-state index < -0.39 is 30.8 Å². The van der Waals surface area contributed by atoms with E-state index in [1.807, 2.05) is 18.2 Å². The molecule has 0 bridgehead atoms. The highest BCUT2D eigenvalue weighted by atomic mass is 19.4. The number of hydrogen-bond donors (Lipinski definition) is 2. The van der Waals surface area contributed by atoms with Crippen LogP contribution in [0.4, 0.5) is 18.0 Å². The van der Waals surface area contributed by atoms with E-state index in [0.29, 0.717) is 11.3 Å². The Bertz CT molecular complexity index is 695. The van der Waals surface area contributed by atoms with Crippen molar-refractivity contribution in [2.45, 2.75) is 24.7 Å². The molecule has 1 aromatic heterocycles. The Morgan fingerprint density at radius 3 is 2.78 bits per heavy atom. The number of urea groups is 1. The van der Waals surface area contributed by atoms with Crippen LogP contribution in [0.2, 0.25) is 0 Å². The molecule has 2 N–H and O–H groups in total. The number of carbonyl (C=O) groups is 1. The minimum atomic E-state index is -4.75. The number of aliphatic hydroxyl groups is 1. The average Bonchev–Trinajstić information content (AvgIpc) is 3.08. The molecule has 1 unspecified atom stereocenters. The van der Waals surface area contributed by atoms with Crippen molar-refractivity contribution in [1.82, 2.24) is 10.2 Å². The van der Waals surface area contributed by atoms with E-state index in [2.05, 4.69) is 5.32 Å². The molecule has 1 aromatic carbocycles. The predicted molar refractivity (Wildman–Crippen MR) is 75.6 cm³/mol. The predicted octanol–water partition coefficient (Wildman–Crippen LogP) is 2.64. The molecule has 2 heterocycles. The summed E-state index contributed by atoms with van der Waals surface area (Å²) in [6.07, 6.45) is -5.27. The van der Waals surface area contributed by atoms with Crippen molar-refractivity contribution in [3.63, 3.8) is 0 Å². The maximum atomic E-state index is 12.7. The van der Waals surface area contributed by atoms with Gasteiger partial charge in [-0.25, -0.2) is 4.79 Å². The highest BCUT2D eigenvalue weighted by molar-refractivity contribution is 5.78. The van der Waals surface area contributed by atoms with Gasteiger partial charge >= 0.3 is 12.2 Å². The van der Waals surface area contributed by atoms with Gasteiger partial charge in [0.25, 0.3) is 0 Å². The fourth-order valence-electron chi connectivity index (χ4n) is 2.60. The smallest absolute Gasteiger partial charge is 0.419 e. The van der Waals surface area contributed by atoms with Crippen molar-refractivity contribution in [1.29, 1.82) is 0 Å². The Labute approximate surface area is 129 Å². The number of nitrogens with zero attached hydrogens (tertiary/aromatic N) is 1. The summed E-state index contributed by atoms with van der Waals surface area (Å²) in [5, 5.41) is 12.9. The van der Waals surface area contributed by atoms with Gasteiger partial charge in [0.05, 0.1) is 13.1 Å². The third-order valence-electron chi connectivity index (χ3n) is 3.95. The van der Waals surface area contributed by atoms with Gasteiger partial charge in [-0.1, -0.05) is 18.2 Å². The summed E-state index contributed by atoms with van der Waals surface area (Å²) in [5.41, 5.74) is -2.16. The van der Waals surface area contributed by atoms with E-state index in [0.717, 1.165) is 10.3 Å². The Kier molecular flexibility index (Phi) is 3.71. The molecule has 1 saturated heterocycles. The summed E-state index contributed by atoms with van der Waals surface area (Å²) in [5.74, 6) is 0.504. The number of benzene rings is 1. The van der Waals surface area contributed by atoms with Crippen molar-refractivity contribution in [3.8, 4) is 0 Å². The molecule has 0 aliphatic carbocycles. The van der Waals surface area contributed by atoms with Crippen LogP contribution in [-0.2, 0) is 6.54 Å². The second kappa shape index (κ2) is 5.45. The topological polar surface area (TPSA) is 65.7 Å². The number of likely N-dealkylation sites (tertiary alicyclic amines) is 1. The molecular formula is C15H15F3N2O3. The summed E-state index contributed by atoms with van der Waals surface area (Å²) in [6.45, 7) is -0.848. The number of para-hydroxylation sites is 1. The van der Waals surface area contributed by atoms with Gasteiger partial charge in [-0.15, -0.1) is 0 Å². The first-order chi connectivity index (χ1) is 10.8. The number of hydrogen-bond acceptors (Lipinski definition) is 3. The molecule has 1 atom stereocenters. The number of alkyl halides is 3. The summed E-state index contributed by atoms with van der Waals surface area (Å²) in [6, 6.07) is 8.40. The van der Waals surface area contributed by atoms with E-state index in [4.69, 9.17) is 4.42 Å². The van der Waals surface area contributed by atoms with Gasteiger partial charge < -0.3 is 19.7 Å². The monoisotopic (exact) mass is 328 g/mol. The Balaban J connectivity index is 1.60. The zero-order valence-electron chi connectivity index (χ0n) is 12.1. The molecule has 0 radical (unpaired) electrons. The van der Waals surface area contributed by atoms with Crippen LogP contribution >= 0.6 is 0 Å². The van der Waals surface area contributed by atoms with Gasteiger partial charge in [-0.2, -0.15) is 13.2 Å². The van der Waals surface area contributed by atoms with Crippen LogP contribution in [0.15, 0.2) is 34.7 Å². The van der Waals surface area contributed by atoms with E-state index in [-0.39, 0.29) is 13.1 Å². The molecule has 2 amide bonds. The lowest BCUT2D eigenvalue weighted by Gasteiger charge is -2.25. The highest BCUT2D eigenvalue weighted by Crippen LogP contribution is 2.37. The molecule has 0 spiro atoms. The second-order valence-corrected chi connectivity index (χ2v) is 5.61. The van der Waals surface area contributed by atoms with E-state index in [1.54, 1.807) is 12.1 Å². The number of carbonyl (C=O) groups excluding carboxylic acids is 1. The average molecular weight is 328 g/mol. The summed E-state index contributed by atoms with van der Waals surface area (Å²) in [4.78, 5) is 12.9.